The maximum atomic E-state index is 12.4. The molecule has 0 aromatic carbocycles. The van der Waals surface area contributed by atoms with Gasteiger partial charge in [-0.3, -0.25) is 37.7 Å². The Morgan fingerprint density at radius 3 is 1.52 bits per heavy atom. The molecule has 4 fully saturated rings. The van der Waals surface area contributed by atoms with Gasteiger partial charge in [-0.2, -0.15) is 0 Å². The van der Waals surface area contributed by atoms with E-state index in [-0.39, 0.29) is 6.61 Å². The topological polar surface area (TPSA) is 212 Å². The lowest BCUT2D eigenvalue weighted by atomic mass is 9.83. The molecule has 0 aromatic heterocycles. The third-order valence-electron chi connectivity index (χ3n) is 6.44. The first-order valence-electron chi connectivity index (χ1n) is 13.4. The molecule has 0 saturated carbocycles. The van der Waals surface area contributed by atoms with Crippen molar-refractivity contribution >= 4 is 53.8 Å². The number of esters is 7. The van der Waals surface area contributed by atoms with Crippen LogP contribution in [0.25, 0.3) is 0 Å². The molecule has 44 heavy (non-hydrogen) atoms. The maximum Gasteiger partial charge on any atom is 0.303 e. The minimum absolute atomic E-state index is 0.381. The third-order valence-corrected chi connectivity index (χ3v) is 7.59. The van der Waals surface area contributed by atoms with Crippen LogP contribution in [0.4, 0.5) is 0 Å². The molecule has 0 aromatic rings. The molecule has 0 unspecified atom stereocenters. The zero-order valence-electron chi connectivity index (χ0n) is 25.0. The van der Waals surface area contributed by atoms with Crippen LogP contribution >= 0.6 is 12.0 Å². The van der Waals surface area contributed by atoms with E-state index < -0.39 is 108 Å². The summed E-state index contributed by atoms with van der Waals surface area (Å²) in [4.78, 5) is 84.8. The summed E-state index contributed by atoms with van der Waals surface area (Å²) in [5, 5.41) is -0.907. The molecular formula is C26H34O17S. The van der Waals surface area contributed by atoms with Gasteiger partial charge in [0.15, 0.2) is 36.6 Å². The van der Waals surface area contributed by atoms with Crippen LogP contribution in [0.1, 0.15) is 48.5 Å². The van der Waals surface area contributed by atoms with Crippen molar-refractivity contribution < 1.29 is 80.4 Å². The van der Waals surface area contributed by atoms with Crippen LogP contribution in [0.15, 0.2) is 0 Å². The lowest BCUT2D eigenvalue weighted by Crippen LogP contribution is -2.79. The smallest absolute Gasteiger partial charge is 0.303 e. The molecule has 4 aliphatic rings. The molecule has 0 amide bonds. The van der Waals surface area contributed by atoms with Crippen molar-refractivity contribution in [3.63, 3.8) is 0 Å². The van der Waals surface area contributed by atoms with E-state index in [0.717, 1.165) is 60.5 Å². The summed E-state index contributed by atoms with van der Waals surface area (Å²) < 4.78 is 56.4. The number of fused-ring (bicyclic) bond motifs is 3. The Kier molecular flexibility index (Phi) is 11.6. The molecule has 4 heterocycles. The van der Waals surface area contributed by atoms with Gasteiger partial charge < -0.3 is 42.6 Å². The van der Waals surface area contributed by atoms with E-state index in [1.807, 2.05) is 0 Å². The van der Waals surface area contributed by atoms with Gasteiger partial charge in [0.05, 0.1) is 0 Å². The molecule has 4 aliphatic heterocycles. The van der Waals surface area contributed by atoms with Crippen LogP contribution in [0.3, 0.4) is 0 Å². The van der Waals surface area contributed by atoms with Crippen molar-refractivity contribution in [3.05, 3.63) is 0 Å². The Balaban J connectivity index is 2.25. The van der Waals surface area contributed by atoms with Gasteiger partial charge in [0.1, 0.15) is 30.7 Å². The highest BCUT2D eigenvalue weighted by atomic mass is 32.2. The van der Waals surface area contributed by atoms with Crippen LogP contribution in [0.5, 0.6) is 0 Å². The number of hydrogen-bond acceptors (Lipinski definition) is 18. The third kappa shape index (κ3) is 8.16. The average molecular weight is 651 g/mol. The first-order valence-corrected chi connectivity index (χ1v) is 14.2. The predicted molar refractivity (Wildman–Crippen MR) is 140 cm³/mol. The zero-order valence-corrected chi connectivity index (χ0v) is 25.8. The molecule has 10 atom stereocenters. The fourth-order valence-electron chi connectivity index (χ4n) is 5.10. The van der Waals surface area contributed by atoms with Gasteiger partial charge in [0, 0.05) is 60.5 Å². The number of hydrogen-bond donors (Lipinski definition) is 0. The molecule has 0 aliphatic carbocycles. The Labute approximate surface area is 255 Å². The van der Waals surface area contributed by atoms with Crippen molar-refractivity contribution in [1.29, 1.82) is 0 Å². The van der Waals surface area contributed by atoms with Gasteiger partial charge in [-0.05, 0) is 0 Å². The summed E-state index contributed by atoms with van der Waals surface area (Å²) >= 11 is 0.729. The lowest BCUT2D eigenvalue weighted by molar-refractivity contribution is -0.388. The quantitative estimate of drug-likeness (QED) is 0.168. The summed E-state index contributed by atoms with van der Waals surface area (Å²) in [6.07, 6.45) is -11.9. The number of carbonyl (C=O) groups excluding carboxylic acids is 7. The average Bonchev–Trinajstić information content (AvgIpc) is 2.89. The van der Waals surface area contributed by atoms with E-state index in [0.29, 0.717) is 0 Å². The molecule has 17 nitrogen and oxygen atoms in total. The van der Waals surface area contributed by atoms with Gasteiger partial charge in [0.25, 0.3) is 5.79 Å². The molecule has 4 saturated heterocycles. The van der Waals surface area contributed by atoms with E-state index in [2.05, 4.69) is 0 Å². The lowest BCUT2D eigenvalue weighted by Gasteiger charge is -2.59. The van der Waals surface area contributed by atoms with E-state index in [9.17, 15) is 33.6 Å². The van der Waals surface area contributed by atoms with Crippen LogP contribution in [0, 0.1) is 0 Å². The largest absolute Gasteiger partial charge is 0.463 e. The Morgan fingerprint density at radius 1 is 0.568 bits per heavy atom. The second kappa shape index (κ2) is 14.5. The molecule has 0 spiro atoms. The highest BCUT2D eigenvalue weighted by Gasteiger charge is 2.72. The van der Waals surface area contributed by atoms with Gasteiger partial charge in [-0.15, -0.1) is 0 Å². The molecule has 0 radical (unpaired) electrons. The summed E-state index contributed by atoms with van der Waals surface area (Å²) in [6.45, 7) is 6.64. The van der Waals surface area contributed by atoms with Gasteiger partial charge in [-0.25, -0.2) is 0 Å². The fraction of sp³-hybridized carbons (Fsp3) is 0.731. The van der Waals surface area contributed by atoms with Gasteiger partial charge in [-0.1, -0.05) is 0 Å². The summed E-state index contributed by atoms with van der Waals surface area (Å²) in [7, 11) is 0. The minimum Gasteiger partial charge on any atom is -0.463 e. The van der Waals surface area contributed by atoms with Crippen LogP contribution in [0.2, 0.25) is 0 Å². The fourth-order valence-corrected chi connectivity index (χ4v) is 6.16. The van der Waals surface area contributed by atoms with Crippen molar-refractivity contribution in [2.24, 2.45) is 0 Å². The minimum atomic E-state index is -2.33. The maximum absolute atomic E-state index is 12.4. The Hall–Kier alpha value is -3.48. The van der Waals surface area contributed by atoms with Gasteiger partial charge in [0.2, 0.25) is 0 Å². The van der Waals surface area contributed by atoms with Gasteiger partial charge >= 0.3 is 41.8 Å². The van der Waals surface area contributed by atoms with E-state index >= 15 is 0 Å². The molecule has 0 N–H and O–H groups in total. The van der Waals surface area contributed by atoms with Crippen molar-refractivity contribution in [2.75, 3.05) is 13.2 Å². The number of rotatable bonds is 10. The van der Waals surface area contributed by atoms with Crippen molar-refractivity contribution in [3.8, 4) is 0 Å². The molecule has 2 bridgehead atoms. The Morgan fingerprint density at radius 2 is 1.02 bits per heavy atom. The zero-order chi connectivity index (χ0) is 32.9. The summed E-state index contributed by atoms with van der Waals surface area (Å²) in [5.74, 6) is -8.02. The predicted octanol–water partition coefficient (Wildman–Crippen LogP) is -0.319. The SMILES string of the molecule is CC(=O)OC[C@H]1O[C@@H]([C@]23OS[C@H]([C@H](OC(C)=O)[C@H]2OC(C)=O)[C@@H](COC(C)=O)O3)[C@H](OC(C)=O)[C@@H](OC(C)=O)[C@@H]1OC(C)=O. The van der Waals surface area contributed by atoms with Crippen LogP contribution in [-0.4, -0.2) is 115 Å². The normalized spacial score (nSPS) is 34.1. The number of carbonyl (C=O) groups is 7. The molecular weight excluding hydrogens is 616 g/mol. The number of ether oxygens (including phenoxy) is 9. The monoisotopic (exact) mass is 650 g/mol. The summed E-state index contributed by atoms with van der Waals surface area (Å²) in [5.41, 5.74) is 0. The van der Waals surface area contributed by atoms with E-state index in [1.54, 1.807) is 0 Å². The van der Waals surface area contributed by atoms with E-state index in [1.165, 1.54) is 0 Å². The highest BCUT2D eigenvalue weighted by molar-refractivity contribution is 7.95. The molecule has 4 rings (SSSR count). The second-order valence-electron chi connectivity index (χ2n) is 10.0. The van der Waals surface area contributed by atoms with E-state index in [4.69, 9.17) is 46.8 Å². The molecule has 246 valence electrons. The van der Waals surface area contributed by atoms with Crippen molar-refractivity contribution in [2.45, 2.75) is 108 Å². The standard InChI is InChI=1S/C26H34O17S/c1-10(27)34-8-17-19(36-12(3)29)20(37-13(4)30)21(38-14(5)31)24(41-17)26-25(40-16(7)33)22(39-15(6)32)23(44-43-26)18(42-26)9-35-11(2)28/h17-25H,8-9H2,1-7H3/t17-,18-,19-,20+,21-,22+,23+,24-,25-,26+/m1/s1. The Bertz CT molecular complexity index is 1160. The van der Waals surface area contributed by atoms with Crippen molar-refractivity contribution in [1.82, 2.24) is 0 Å². The van der Waals surface area contributed by atoms with Crippen LogP contribution in [-0.2, 0) is 80.4 Å². The highest BCUT2D eigenvalue weighted by Crippen LogP contribution is 2.53. The first kappa shape index (κ1) is 35.0. The second-order valence-corrected chi connectivity index (χ2v) is 11.0. The van der Waals surface area contributed by atoms with Crippen LogP contribution < -0.4 is 0 Å². The first-order chi connectivity index (χ1) is 20.5. The molecule has 18 heteroatoms. The summed E-state index contributed by atoms with van der Waals surface area (Å²) in [6, 6.07) is 0.